The molecule has 49 heavy (non-hydrogen) atoms. The van der Waals surface area contributed by atoms with Gasteiger partial charge in [0.1, 0.15) is 39.4 Å². The van der Waals surface area contributed by atoms with Gasteiger partial charge in [-0.3, -0.25) is 4.79 Å². The van der Waals surface area contributed by atoms with Gasteiger partial charge in [0.05, 0.1) is 36.7 Å². The van der Waals surface area contributed by atoms with Crippen molar-refractivity contribution < 1.29 is 29.3 Å². The lowest BCUT2D eigenvalue weighted by Gasteiger charge is -2.41. The Balaban J connectivity index is 1.20. The number of hydrogen-bond acceptors (Lipinski definition) is 13. The Kier molecular flexibility index (Phi) is 9.52. The van der Waals surface area contributed by atoms with Gasteiger partial charge in [-0.15, -0.1) is 0 Å². The smallest absolute Gasteiger partial charge is 0.262 e. The van der Waals surface area contributed by atoms with E-state index in [0.717, 1.165) is 25.9 Å². The summed E-state index contributed by atoms with van der Waals surface area (Å²) in [5.74, 6) is 1.54. The third-order valence-electron chi connectivity index (χ3n) is 9.27. The zero-order valence-electron chi connectivity index (χ0n) is 27.1. The molecule has 15 heteroatoms. The summed E-state index contributed by atoms with van der Waals surface area (Å²) in [6, 6.07) is 9.38. The van der Waals surface area contributed by atoms with Crippen LogP contribution in [0.25, 0.3) is 5.57 Å². The van der Waals surface area contributed by atoms with Crippen molar-refractivity contribution in [3.63, 3.8) is 0 Å². The SMILES string of the molecule is COc1cc(O)cc(C2=CN(C)C(=C=O)C(C(=O)Nc3cccc(Sc4ncc(N5CCC6(CC5)CO[C@@H](C)[C@H]6N)nc4N)c3Cl)=C2O)c1. The summed E-state index contributed by atoms with van der Waals surface area (Å²) < 4.78 is 11.1. The quantitative estimate of drug-likeness (QED) is 0.218. The van der Waals surface area contributed by atoms with Crippen LogP contribution in [-0.2, 0) is 14.3 Å². The fraction of sp³-hybridized carbons (Fsp3) is 0.324. The summed E-state index contributed by atoms with van der Waals surface area (Å²) in [6.07, 6.45) is 4.96. The maximum atomic E-state index is 13.7. The number of aliphatic hydroxyl groups is 1. The molecule has 0 unspecified atom stereocenters. The second kappa shape index (κ2) is 13.7. The number of carbonyl (C=O) groups excluding carboxylic acids is 2. The highest BCUT2D eigenvalue weighted by Gasteiger charge is 2.47. The number of anilines is 3. The summed E-state index contributed by atoms with van der Waals surface area (Å²) >= 11 is 7.94. The van der Waals surface area contributed by atoms with E-state index in [-0.39, 0.29) is 56.7 Å². The van der Waals surface area contributed by atoms with Gasteiger partial charge in [0.25, 0.3) is 5.91 Å². The van der Waals surface area contributed by atoms with Gasteiger partial charge < -0.3 is 46.3 Å². The minimum absolute atomic E-state index is 0.00783. The molecule has 13 nitrogen and oxygen atoms in total. The first-order chi connectivity index (χ1) is 23.4. The number of aromatic hydroxyl groups is 1. The van der Waals surface area contributed by atoms with E-state index in [1.165, 1.54) is 49.2 Å². The first-order valence-corrected chi connectivity index (χ1v) is 16.7. The summed E-state index contributed by atoms with van der Waals surface area (Å²) in [5.41, 5.74) is 13.0. The number of nitrogens with two attached hydrogens (primary N) is 2. The van der Waals surface area contributed by atoms with E-state index in [1.54, 1.807) is 36.4 Å². The van der Waals surface area contributed by atoms with Crippen LogP contribution in [0.1, 0.15) is 25.3 Å². The molecule has 2 saturated heterocycles. The topological polar surface area (TPSA) is 189 Å². The number of allylic oxidation sites excluding steroid dienone is 1. The molecule has 6 rings (SSSR count). The number of aliphatic hydroxyl groups excluding tert-OH is 1. The first kappa shape index (κ1) is 34.2. The van der Waals surface area contributed by atoms with Crippen LogP contribution in [0.4, 0.5) is 17.3 Å². The number of carbonyl (C=O) groups is 1. The number of halogens is 1. The highest BCUT2D eigenvalue weighted by atomic mass is 35.5. The Bertz CT molecular complexity index is 1920. The second-order valence-electron chi connectivity index (χ2n) is 12.2. The number of methoxy groups -OCH3 is 1. The van der Waals surface area contributed by atoms with Gasteiger partial charge in [-0.05, 0) is 49.6 Å². The van der Waals surface area contributed by atoms with Gasteiger partial charge in [-0.2, -0.15) is 0 Å². The zero-order chi connectivity index (χ0) is 35.0. The molecule has 0 saturated carbocycles. The molecule has 256 valence electrons. The van der Waals surface area contributed by atoms with Gasteiger partial charge in [0.15, 0.2) is 11.8 Å². The summed E-state index contributed by atoms with van der Waals surface area (Å²) in [6.45, 7) is 4.22. The fourth-order valence-corrected chi connectivity index (χ4v) is 7.49. The van der Waals surface area contributed by atoms with E-state index in [4.69, 9.17) is 32.5 Å². The van der Waals surface area contributed by atoms with E-state index in [1.807, 2.05) is 6.92 Å². The second-order valence-corrected chi connectivity index (χ2v) is 13.6. The predicted molar refractivity (Wildman–Crippen MR) is 187 cm³/mol. The van der Waals surface area contributed by atoms with Crippen LogP contribution in [0.15, 0.2) is 75.7 Å². The number of piperidine rings is 1. The molecule has 4 heterocycles. The summed E-state index contributed by atoms with van der Waals surface area (Å²) in [7, 11) is 2.96. The maximum absolute atomic E-state index is 13.7. The highest BCUT2D eigenvalue weighted by Crippen LogP contribution is 2.43. The normalized spacial score (nSPS) is 20.3. The van der Waals surface area contributed by atoms with Crippen LogP contribution >= 0.6 is 23.4 Å². The third kappa shape index (κ3) is 6.53. The van der Waals surface area contributed by atoms with Crippen molar-refractivity contribution in [2.75, 3.05) is 49.8 Å². The first-order valence-electron chi connectivity index (χ1n) is 15.5. The number of aromatic nitrogens is 2. The molecule has 2 atom stereocenters. The van der Waals surface area contributed by atoms with Crippen LogP contribution in [-0.4, -0.2) is 82.9 Å². The highest BCUT2D eigenvalue weighted by molar-refractivity contribution is 7.99. The van der Waals surface area contributed by atoms with Crippen LogP contribution in [0.5, 0.6) is 11.5 Å². The monoisotopic (exact) mass is 705 g/mol. The standard InChI is InChI=1S/C34H36ClN7O6S/c1-18-30(36)34(17-48-18)7-9-42(10-8-34)26-14-38-33(31(37)40-26)49-25-6-4-5-23(28(25)35)39-32(46)27-24(16-43)41(2)15-22(29(27)45)19-11-20(44)13-21(12-19)47-3/h4-6,11-15,18,30,44-45H,7-10,17,36H2,1-3H3,(H2,37,40)(H,39,46)/t18-,30+/m0/s1. The number of rotatable bonds is 7. The molecule has 7 N–H and O–H groups in total. The Morgan fingerprint density at radius 2 is 2.00 bits per heavy atom. The average Bonchev–Trinajstić information content (AvgIpc) is 3.36. The Hall–Kier alpha value is -4.72. The molecule has 1 spiro atoms. The van der Waals surface area contributed by atoms with E-state index in [0.29, 0.717) is 33.7 Å². The Labute approximate surface area is 292 Å². The maximum Gasteiger partial charge on any atom is 0.262 e. The molecule has 1 aromatic heterocycles. The molecule has 3 aromatic rings. The largest absolute Gasteiger partial charge is 0.508 e. The average molecular weight is 706 g/mol. The number of phenolic OH excluding ortho intramolecular Hbond substituents is 1. The van der Waals surface area contributed by atoms with Gasteiger partial charge in [-0.25, -0.2) is 14.8 Å². The van der Waals surface area contributed by atoms with Crippen LogP contribution in [0.3, 0.4) is 0 Å². The van der Waals surface area contributed by atoms with Crippen molar-refractivity contribution >= 4 is 58.1 Å². The van der Waals surface area contributed by atoms with Gasteiger partial charge in [0.2, 0.25) is 0 Å². The zero-order valence-corrected chi connectivity index (χ0v) is 28.6. The lowest BCUT2D eigenvalue weighted by Crippen LogP contribution is -2.50. The van der Waals surface area contributed by atoms with E-state index >= 15 is 0 Å². The lowest BCUT2D eigenvalue weighted by atomic mass is 9.73. The third-order valence-corrected chi connectivity index (χ3v) is 10.9. The van der Waals surface area contributed by atoms with Crippen molar-refractivity contribution in [2.24, 2.45) is 11.1 Å². The number of nitrogens with one attached hydrogen (secondary N) is 1. The molecule has 3 aliphatic heterocycles. The van der Waals surface area contributed by atoms with E-state index in [9.17, 15) is 19.8 Å². The Morgan fingerprint density at radius 3 is 2.65 bits per heavy atom. The van der Waals surface area contributed by atoms with E-state index < -0.39 is 11.7 Å². The molecular weight excluding hydrogens is 670 g/mol. The molecular formula is C34H36ClN7O6S. The minimum atomic E-state index is -0.809. The lowest BCUT2D eigenvalue weighted by molar-refractivity contribution is -0.112. The number of likely N-dealkylation sites (N-methyl/N-ethyl adjacent to an activating group) is 1. The fourth-order valence-electron chi connectivity index (χ4n) is 6.39. The van der Waals surface area contributed by atoms with Crippen LogP contribution in [0, 0.1) is 5.41 Å². The molecule has 3 aliphatic rings. The molecule has 2 fully saturated rings. The van der Waals surface area contributed by atoms with Crippen molar-refractivity contribution in [2.45, 2.75) is 41.8 Å². The number of nitrogen functional groups attached to an aromatic ring is 1. The summed E-state index contributed by atoms with van der Waals surface area (Å²) in [4.78, 5) is 38.9. The number of benzene rings is 2. The van der Waals surface area contributed by atoms with Crippen molar-refractivity contribution in [1.29, 1.82) is 0 Å². The molecule has 2 aromatic carbocycles. The van der Waals surface area contributed by atoms with Gasteiger partial charge in [0, 0.05) is 54.3 Å². The number of phenols is 1. The number of ether oxygens (including phenoxy) is 2. The molecule has 0 bridgehead atoms. The molecule has 1 amide bonds. The van der Waals surface area contributed by atoms with Crippen molar-refractivity contribution in [3.05, 3.63) is 76.4 Å². The molecule has 0 radical (unpaired) electrons. The number of nitrogens with zero attached hydrogens (tertiary/aromatic N) is 4. The summed E-state index contributed by atoms with van der Waals surface area (Å²) in [5, 5.41) is 24.8. The van der Waals surface area contributed by atoms with Crippen LogP contribution in [0.2, 0.25) is 5.02 Å². The van der Waals surface area contributed by atoms with Crippen molar-refractivity contribution in [1.82, 2.24) is 14.9 Å². The van der Waals surface area contributed by atoms with Crippen molar-refractivity contribution in [3.8, 4) is 11.5 Å². The van der Waals surface area contributed by atoms with Gasteiger partial charge >= 0.3 is 0 Å². The number of amides is 1. The number of hydrogen-bond donors (Lipinski definition) is 5. The molecule has 0 aliphatic carbocycles. The van der Waals surface area contributed by atoms with Crippen LogP contribution < -0.4 is 26.4 Å². The van der Waals surface area contributed by atoms with Gasteiger partial charge in [-0.1, -0.05) is 29.4 Å². The minimum Gasteiger partial charge on any atom is -0.508 e. The predicted octanol–water partition coefficient (Wildman–Crippen LogP) is 4.36. The van der Waals surface area contributed by atoms with E-state index in [2.05, 4.69) is 20.2 Å². The Morgan fingerprint density at radius 1 is 1.24 bits per heavy atom.